The highest BCUT2D eigenvalue weighted by atomic mass is 32.1. The minimum atomic E-state index is -0.307. The van der Waals surface area contributed by atoms with Crippen LogP contribution in [-0.4, -0.2) is 26.7 Å². The Morgan fingerprint density at radius 1 is 1.18 bits per heavy atom. The first-order chi connectivity index (χ1) is 13.6. The third kappa shape index (κ3) is 3.27. The van der Waals surface area contributed by atoms with Crippen LogP contribution in [0.2, 0.25) is 0 Å². The highest BCUT2D eigenvalue weighted by Gasteiger charge is 2.16. The summed E-state index contributed by atoms with van der Waals surface area (Å²) in [6, 6.07) is 11.0. The molecule has 0 aliphatic rings. The summed E-state index contributed by atoms with van der Waals surface area (Å²) in [7, 11) is 0. The van der Waals surface area contributed by atoms with Gasteiger partial charge in [-0.2, -0.15) is 5.10 Å². The molecular formula is C20H20N4O3S. The van der Waals surface area contributed by atoms with E-state index in [1.165, 1.54) is 4.68 Å². The number of benzene rings is 1. The van der Waals surface area contributed by atoms with Gasteiger partial charge < -0.3 is 10.1 Å². The van der Waals surface area contributed by atoms with Crippen molar-refractivity contribution in [3.8, 4) is 5.75 Å². The minimum absolute atomic E-state index is 0.144. The molecule has 0 aliphatic heterocycles. The molecule has 0 fully saturated rings. The van der Waals surface area contributed by atoms with Crippen molar-refractivity contribution in [2.24, 2.45) is 0 Å². The van der Waals surface area contributed by atoms with Crippen molar-refractivity contribution in [3.63, 3.8) is 0 Å². The normalized spacial score (nSPS) is 11.2. The van der Waals surface area contributed by atoms with Crippen LogP contribution in [0, 0.1) is 0 Å². The number of hydrogen-bond donors (Lipinski definition) is 1. The first kappa shape index (κ1) is 18.2. The summed E-state index contributed by atoms with van der Waals surface area (Å²) in [5.74, 6) is 1.18. The summed E-state index contributed by atoms with van der Waals surface area (Å²) in [6.07, 6.45) is 0.650. The number of aryl methyl sites for hydroxylation is 1. The maximum absolute atomic E-state index is 12.9. The summed E-state index contributed by atoms with van der Waals surface area (Å²) in [6.45, 7) is 4.33. The van der Waals surface area contributed by atoms with Crippen LogP contribution < -0.4 is 15.6 Å². The molecular weight excluding hydrogens is 376 g/mol. The Morgan fingerprint density at radius 2 is 1.96 bits per heavy atom. The zero-order chi connectivity index (χ0) is 19.7. The lowest BCUT2D eigenvalue weighted by Crippen LogP contribution is -2.32. The number of thiophene rings is 1. The van der Waals surface area contributed by atoms with Crippen molar-refractivity contribution in [2.75, 3.05) is 11.9 Å². The third-order valence-electron chi connectivity index (χ3n) is 4.43. The van der Waals surface area contributed by atoms with Gasteiger partial charge in [-0.1, -0.05) is 6.92 Å². The molecule has 4 aromatic rings. The second-order valence-electron chi connectivity index (χ2n) is 6.27. The zero-order valence-electron chi connectivity index (χ0n) is 15.6. The summed E-state index contributed by atoms with van der Waals surface area (Å²) >= 11 is 1.58. The Hall–Kier alpha value is -3.13. The highest BCUT2D eigenvalue weighted by molar-refractivity contribution is 7.17. The van der Waals surface area contributed by atoms with Gasteiger partial charge in [0.05, 0.1) is 16.8 Å². The number of aromatic nitrogens is 3. The number of rotatable bonds is 6. The standard InChI is InChI=1S/C20H20N4O3S/c1-3-18-22-23(20(26)16-11-17-15(24(16)18)9-10-28-17)12-19(25)21-13-5-7-14(8-6-13)27-4-2/h5-11H,3-4,12H2,1-2H3,(H,21,25). The van der Waals surface area contributed by atoms with Crippen LogP contribution in [0.25, 0.3) is 15.7 Å². The number of hydrogen-bond acceptors (Lipinski definition) is 5. The predicted molar refractivity (Wildman–Crippen MR) is 110 cm³/mol. The third-order valence-corrected chi connectivity index (χ3v) is 5.28. The van der Waals surface area contributed by atoms with Crippen molar-refractivity contribution in [1.29, 1.82) is 0 Å². The fraction of sp³-hybridized carbons (Fsp3) is 0.250. The number of anilines is 1. The average Bonchev–Trinajstić information content (AvgIpc) is 3.27. The lowest BCUT2D eigenvalue weighted by Gasteiger charge is -2.11. The molecule has 0 radical (unpaired) electrons. The molecule has 8 heteroatoms. The molecule has 7 nitrogen and oxygen atoms in total. The number of carbonyl (C=O) groups excluding carboxylic acids is 1. The summed E-state index contributed by atoms with van der Waals surface area (Å²) in [4.78, 5) is 25.3. The number of nitrogens with one attached hydrogen (secondary N) is 1. The second kappa shape index (κ2) is 7.47. The van der Waals surface area contributed by atoms with Gasteiger partial charge in [0.2, 0.25) is 5.91 Å². The molecule has 0 saturated heterocycles. The average molecular weight is 396 g/mol. The molecule has 144 valence electrons. The van der Waals surface area contributed by atoms with Gasteiger partial charge in [-0.3, -0.25) is 14.0 Å². The molecule has 0 unspecified atom stereocenters. The van der Waals surface area contributed by atoms with Crippen molar-refractivity contribution in [3.05, 3.63) is 58.0 Å². The molecule has 1 amide bonds. The van der Waals surface area contributed by atoms with E-state index in [0.29, 0.717) is 24.2 Å². The Morgan fingerprint density at radius 3 is 2.68 bits per heavy atom. The van der Waals surface area contributed by atoms with Gasteiger partial charge in [0.1, 0.15) is 23.6 Å². The largest absolute Gasteiger partial charge is 0.494 e. The molecule has 0 spiro atoms. The predicted octanol–water partition coefficient (Wildman–Crippen LogP) is 3.31. The van der Waals surface area contributed by atoms with Gasteiger partial charge in [-0.25, -0.2) is 4.68 Å². The van der Waals surface area contributed by atoms with Crippen LogP contribution in [0.3, 0.4) is 0 Å². The maximum atomic E-state index is 12.9. The number of fused-ring (bicyclic) bond motifs is 3. The Bertz CT molecular complexity index is 1200. The van der Waals surface area contributed by atoms with Gasteiger partial charge in [0.15, 0.2) is 0 Å². The summed E-state index contributed by atoms with van der Waals surface area (Å²) in [5.41, 5.74) is 1.89. The van der Waals surface area contributed by atoms with Crippen molar-refractivity contribution < 1.29 is 9.53 Å². The Kier molecular flexibility index (Phi) is 4.87. The van der Waals surface area contributed by atoms with Crippen LogP contribution in [0.15, 0.2) is 46.6 Å². The van der Waals surface area contributed by atoms with Gasteiger partial charge in [-0.15, -0.1) is 11.3 Å². The molecule has 3 heterocycles. The first-order valence-electron chi connectivity index (χ1n) is 9.12. The van der Waals surface area contributed by atoms with Gasteiger partial charge in [0, 0.05) is 12.1 Å². The number of nitrogens with zero attached hydrogens (tertiary/aromatic N) is 3. The SMILES string of the molecule is CCOc1ccc(NC(=O)Cn2nc(CC)n3c(cc4sccc43)c2=O)cc1. The first-order valence-corrected chi connectivity index (χ1v) is 10.00. The number of carbonyl (C=O) groups is 1. The number of amides is 1. The second-order valence-corrected chi connectivity index (χ2v) is 7.22. The van der Waals surface area contributed by atoms with E-state index < -0.39 is 0 Å². The molecule has 4 rings (SSSR count). The molecule has 0 atom stereocenters. The topological polar surface area (TPSA) is 77.6 Å². The van der Waals surface area contributed by atoms with Crippen LogP contribution in [0.1, 0.15) is 19.7 Å². The molecule has 1 aromatic carbocycles. The minimum Gasteiger partial charge on any atom is -0.494 e. The Labute approximate surface area is 165 Å². The van der Waals surface area contributed by atoms with Gasteiger partial charge in [0.25, 0.3) is 5.56 Å². The Balaban J connectivity index is 1.61. The van der Waals surface area contributed by atoms with E-state index in [9.17, 15) is 9.59 Å². The van der Waals surface area contributed by atoms with Crippen molar-refractivity contribution >= 4 is 38.7 Å². The zero-order valence-corrected chi connectivity index (χ0v) is 16.5. The smallest absolute Gasteiger partial charge is 0.291 e. The fourth-order valence-electron chi connectivity index (χ4n) is 3.20. The number of ether oxygens (including phenoxy) is 1. The van der Waals surface area contributed by atoms with Crippen LogP contribution in [-0.2, 0) is 17.8 Å². The van der Waals surface area contributed by atoms with E-state index in [1.54, 1.807) is 35.6 Å². The quantitative estimate of drug-likeness (QED) is 0.542. The van der Waals surface area contributed by atoms with E-state index in [-0.39, 0.29) is 18.0 Å². The van der Waals surface area contributed by atoms with E-state index >= 15 is 0 Å². The van der Waals surface area contributed by atoms with Crippen LogP contribution in [0.4, 0.5) is 5.69 Å². The molecule has 3 aromatic heterocycles. The maximum Gasteiger partial charge on any atom is 0.291 e. The summed E-state index contributed by atoms with van der Waals surface area (Å²) < 4.78 is 9.55. The monoisotopic (exact) mass is 396 g/mol. The van der Waals surface area contributed by atoms with Crippen LogP contribution >= 0.6 is 11.3 Å². The van der Waals surface area contributed by atoms with E-state index in [1.807, 2.05) is 35.8 Å². The van der Waals surface area contributed by atoms with Crippen molar-refractivity contribution in [1.82, 2.24) is 14.2 Å². The van der Waals surface area contributed by atoms with Gasteiger partial charge >= 0.3 is 0 Å². The molecule has 0 saturated carbocycles. The molecule has 1 N–H and O–H groups in total. The van der Waals surface area contributed by atoms with Gasteiger partial charge in [-0.05, 0) is 48.7 Å². The molecule has 0 bridgehead atoms. The molecule has 0 aliphatic carbocycles. The summed E-state index contributed by atoms with van der Waals surface area (Å²) in [5, 5.41) is 9.22. The van der Waals surface area contributed by atoms with E-state index in [2.05, 4.69) is 10.4 Å². The lowest BCUT2D eigenvalue weighted by molar-refractivity contribution is -0.117. The lowest BCUT2D eigenvalue weighted by atomic mass is 10.3. The fourth-order valence-corrected chi connectivity index (χ4v) is 4.00. The van der Waals surface area contributed by atoms with E-state index in [4.69, 9.17) is 4.74 Å². The molecule has 28 heavy (non-hydrogen) atoms. The highest BCUT2D eigenvalue weighted by Crippen LogP contribution is 2.24. The van der Waals surface area contributed by atoms with E-state index in [0.717, 1.165) is 21.8 Å². The van der Waals surface area contributed by atoms with Crippen molar-refractivity contribution in [2.45, 2.75) is 26.8 Å². The van der Waals surface area contributed by atoms with Crippen LogP contribution in [0.5, 0.6) is 5.75 Å².